The second-order valence-electron chi connectivity index (χ2n) is 4.65. The molecule has 2 aromatic rings. The van der Waals surface area contributed by atoms with Crippen molar-refractivity contribution in [2.75, 3.05) is 5.32 Å². The summed E-state index contributed by atoms with van der Waals surface area (Å²) in [6.07, 6.45) is 0.409. The molecule has 0 aliphatic rings. The lowest BCUT2D eigenvalue weighted by molar-refractivity contribution is -0.115. The molecule has 0 aliphatic carbocycles. The Morgan fingerprint density at radius 2 is 1.89 bits per heavy atom. The van der Waals surface area contributed by atoms with E-state index in [9.17, 15) is 4.79 Å². The fraction of sp³-hybridized carbons (Fsp3) is 0.188. The number of amides is 1. The van der Waals surface area contributed by atoms with E-state index in [-0.39, 0.29) is 5.91 Å². The normalized spacial score (nSPS) is 10.3. The summed E-state index contributed by atoms with van der Waals surface area (Å²) >= 11 is 2.23. The van der Waals surface area contributed by atoms with Crippen molar-refractivity contribution in [3.05, 3.63) is 62.7 Å². The molecule has 0 saturated heterocycles. The maximum absolute atomic E-state index is 12.0. The number of halogens is 1. The summed E-state index contributed by atoms with van der Waals surface area (Å²) in [4.78, 5) is 12.0. The van der Waals surface area contributed by atoms with Crippen LogP contribution >= 0.6 is 22.6 Å². The third-order valence-electron chi connectivity index (χ3n) is 3.04. The van der Waals surface area contributed by atoms with Gasteiger partial charge in [0.1, 0.15) is 0 Å². The molecule has 2 rings (SSSR count). The van der Waals surface area contributed by atoms with E-state index < -0.39 is 0 Å². The lowest BCUT2D eigenvalue weighted by Gasteiger charge is -2.07. The quantitative estimate of drug-likeness (QED) is 0.816. The molecule has 2 aromatic carbocycles. The Morgan fingerprint density at radius 1 is 1.11 bits per heavy atom. The Bertz CT molecular complexity index is 607. The molecule has 98 valence electrons. The topological polar surface area (TPSA) is 29.1 Å². The molecule has 2 nitrogen and oxygen atoms in total. The van der Waals surface area contributed by atoms with Crippen LogP contribution in [-0.4, -0.2) is 5.91 Å². The number of aryl methyl sites for hydroxylation is 2. The number of anilines is 1. The van der Waals surface area contributed by atoms with Gasteiger partial charge in [0.15, 0.2) is 0 Å². The van der Waals surface area contributed by atoms with Crippen molar-refractivity contribution in [2.24, 2.45) is 0 Å². The van der Waals surface area contributed by atoms with E-state index in [1.807, 2.05) is 30.3 Å². The highest BCUT2D eigenvalue weighted by Crippen LogP contribution is 2.14. The summed E-state index contributed by atoms with van der Waals surface area (Å²) in [5.41, 5.74) is 4.37. The highest BCUT2D eigenvalue weighted by molar-refractivity contribution is 14.1. The van der Waals surface area contributed by atoms with E-state index in [4.69, 9.17) is 0 Å². The van der Waals surface area contributed by atoms with E-state index >= 15 is 0 Å². The van der Waals surface area contributed by atoms with Gasteiger partial charge in [-0.15, -0.1) is 0 Å². The maximum Gasteiger partial charge on any atom is 0.228 e. The van der Waals surface area contributed by atoms with Gasteiger partial charge < -0.3 is 5.32 Å². The van der Waals surface area contributed by atoms with Gasteiger partial charge in [0.2, 0.25) is 5.91 Å². The number of carbonyl (C=O) groups is 1. The van der Waals surface area contributed by atoms with Crippen LogP contribution in [-0.2, 0) is 11.2 Å². The van der Waals surface area contributed by atoms with E-state index in [0.29, 0.717) is 6.42 Å². The van der Waals surface area contributed by atoms with Crippen LogP contribution in [0.2, 0.25) is 0 Å². The van der Waals surface area contributed by atoms with Crippen molar-refractivity contribution >= 4 is 34.2 Å². The highest BCUT2D eigenvalue weighted by atomic mass is 127. The first-order chi connectivity index (χ1) is 9.04. The Kier molecular flexibility index (Phi) is 4.58. The van der Waals surface area contributed by atoms with Gasteiger partial charge in [-0.1, -0.05) is 24.3 Å². The largest absolute Gasteiger partial charge is 0.326 e. The Morgan fingerprint density at radius 3 is 2.58 bits per heavy atom. The number of carbonyl (C=O) groups excluding carboxylic acids is 1. The Labute approximate surface area is 127 Å². The first-order valence-corrected chi connectivity index (χ1v) is 7.24. The van der Waals surface area contributed by atoms with Crippen LogP contribution in [0.25, 0.3) is 0 Å². The molecule has 0 unspecified atom stereocenters. The first-order valence-electron chi connectivity index (χ1n) is 6.16. The molecule has 0 spiro atoms. The number of nitrogens with one attached hydrogen (secondary N) is 1. The van der Waals surface area contributed by atoms with Gasteiger partial charge in [0.05, 0.1) is 6.42 Å². The number of hydrogen-bond acceptors (Lipinski definition) is 1. The predicted octanol–water partition coefficient (Wildman–Crippen LogP) is 4.09. The van der Waals surface area contributed by atoms with Gasteiger partial charge in [-0.05, 0) is 71.3 Å². The van der Waals surface area contributed by atoms with Crippen LogP contribution in [0.1, 0.15) is 16.7 Å². The third kappa shape index (κ3) is 4.06. The summed E-state index contributed by atoms with van der Waals surface area (Å²) in [5, 5.41) is 2.92. The van der Waals surface area contributed by atoms with Crippen LogP contribution in [0.4, 0.5) is 5.69 Å². The Balaban J connectivity index is 2.03. The molecule has 0 bridgehead atoms. The standard InChI is InChI=1S/C16H16INO/c1-11-6-7-13(8-12(11)2)9-16(19)18-15-5-3-4-14(17)10-15/h3-8,10H,9H2,1-2H3,(H,18,19). The monoisotopic (exact) mass is 365 g/mol. The van der Waals surface area contributed by atoms with Crippen molar-refractivity contribution in [1.29, 1.82) is 0 Å². The van der Waals surface area contributed by atoms with Crippen molar-refractivity contribution in [3.63, 3.8) is 0 Å². The molecular weight excluding hydrogens is 349 g/mol. The van der Waals surface area contributed by atoms with Gasteiger partial charge in [0.25, 0.3) is 0 Å². The second-order valence-corrected chi connectivity index (χ2v) is 5.90. The number of rotatable bonds is 3. The van der Waals surface area contributed by atoms with Gasteiger partial charge in [-0.25, -0.2) is 0 Å². The molecular formula is C16H16INO. The number of benzene rings is 2. The average molecular weight is 365 g/mol. The van der Waals surface area contributed by atoms with Crippen molar-refractivity contribution < 1.29 is 4.79 Å². The molecule has 0 aromatic heterocycles. The van der Waals surface area contributed by atoms with Gasteiger partial charge in [0, 0.05) is 9.26 Å². The Hall–Kier alpha value is -1.36. The van der Waals surface area contributed by atoms with Gasteiger partial charge in [-0.2, -0.15) is 0 Å². The van der Waals surface area contributed by atoms with Crippen LogP contribution in [0.3, 0.4) is 0 Å². The summed E-state index contributed by atoms with van der Waals surface area (Å²) in [6.45, 7) is 4.14. The summed E-state index contributed by atoms with van der Waals surface area (Å²) < 4.78 is 1.11. The molecule has 1 amide bonds. The van der Waals surface area contributed by atoms with E-state index in [2.05, 4.69) is 53.9 Å². The minimum Gasteiger partial charge on any atom is -0.326 e. The molecule has 3 heteroatoms. The molecule has 0 atom stereocenters. The zero-order valence-electron chi connectivity index (χ0n) is 11.0. The zero-order chi connectivity index (χ0) is 13.8. The lowest BCUT2D eigenvalue weighted by atomic mass is 10.0. The molecule has 0 aliphatic heterocycles. The van der Waals surface area contributed by atoms with E-state index in [1.54, 1.807) is 0 Å². The minimum absolute atomic E-state index is 0.0188. The molecule has 0 fully saturated rings. The maximum atomic E-state index is 12.0. The summed E-state index contributed by atoms with van der Waals surface area (Å²) in [6, 6.07) is 13.9. The highest BCUT2D eigenvalue weighted by Gasteiger charge is 2.05. The van der Waals surface area contributed by atoms with Crippen molar-refractivity contribution in [3.8, 4) is 0 Å². The second kappa shape index (κ2) is 6.19. The fourth-order valence-corrected chi connectivity index (χ4v) is 2.41. The molecule has 0 saturated carbocycles. The smallest absolute Gasteiger partial charge is 0.228 e. The summed E-state index contributed by atoms with van der Waals surface area (Å²) in [5.74, 6) is 0.0188. The predicted molar refractivity (Wildman–Crippen MR) is 87.4 cm³/mol. The van der Waals surface area contributed by atoms with Crippen molar-refractivity contribution in [2.45, 2.75) is 20.3 Å². The van der Waals surface area contributed by atoms with Gasteiger partial charge in [-0.3, -0.25) is 4.79 Å². The van der Waals surface area contributed by atoms with Crippen LogP contribution in [0, 0.1) is 17.4 Å². The average Bonchev–Trinajstić information content (AvgIpc) is 2.34. The van der Waals surface area contributed by atoms with Crippen LogP contribution in [0.5, 0.6) is 0 Å². The van der Waals surface area contributed by atoms with Gasteiger partial charge >= 0.3 is 0 Å². The molecule has 19 heavy (non-hydrogen) atoms. The molecule has 0 heterocycles. The lowest BCUT2D eigenvalue weighted by Crippen LogP contribution is -2.14. The first kappa shape index (κ1) is 14.1. The minimum atomic E-state index is 0.0188. The third-order valence-corrected chi connectivity index (χ3v) is 3.72. The van der Waals surface area contributed by atoms with E-state index in [0.717, 1.165) is 14.8 Å². The summed E-state index contributed by atoms with van der Waals surface area (Å²) in [7, 11) is 0. The van der Waals surface area contributed by atoms with Crippen LogP contribution < -0.4 is 5.32 Å². The number of hydrogen-bond donors (Lipinski definition) is 1. The SMILES string of the molecule is Cc1ccc(CC(=O)Nc2cccc(I)c2)cc1C. The van der Waals surface area contributed by atoms with E-state index in [1.165, 1.54) is 11.1 Å². The van der Waals surface area contributed by atoms with Crippen LogP contribution in [0.15, 0.2) is 42.5 Å². The fourth-order valence-electron chi connectivity index (χ4n) is 1.87. The molecule has 1 N–H and O–H groups in total. The zero-order valence-corrected chi connectivity index (χ0v) is 13.2. The molecule has 0 radical (unpaired) electrons. The van der Waals surface area contributed by atoms with Crippen molar-refractivity contribution in [1.82, 2.24) is 0 Å².